The van der Waals surface area contributed by atoms with Crippen LogP contribution in [0.3, 0.4) is 0 Å². The number of carbonyl (C=O) groups excluding carboxylic acids is 2. The lowest BCUT2D eigenvalue weighted by Crippen LogP contribution is -2.31. The zero-order chi connectivity index (χ0) is 20.1. The van der Waals surface area contributed by atoms with Crippen LogP contribution in [0.2, 0.25) is 0 Å². The number of hydrogen-bond acceptors (Lipinski definition) is 6. The summed E-state index contributed by atoms with van der Waals surface area (Å²) >= 11 is 0. The maximum atomic E-state index is 12.4. The maximum Gasteiger partial charge on any atom is 0.231 e. The number of nitrogens with one attached hydrogen (secondary N) is 1. The van der Waals surface area contributed by atoms with E-state index in [0.29, 0.717) is 34.4 Å². The van der Waals surface area contributed by atoms with Crippen molar-refractivity contribution >= 4 is 23.2 Å². The van der Waals surface area contributed by atoms with E-state index >= 15 is 0 Å². The highest BCUT2D eigenvalue weighted by atomic mass is 16.7. The summed E-state index contributed by atoms with van der Waals surface area (Å²) in [5.74, 6) is 1.92. The van der Waals surface area contributed by atoms with Crippen molar-refractivity contribution in [2.24, 2.45) is 0 Å². The van der Waals surface area contributed by atoms with Crippen LogP contribution in [0.4, 0.5) is 11.4 Å². The molecule has 2 amide bonds. The Morgan fingerprint density at radius 2 is 1.86 bits per heavy atom. The lowest BCUT2D eigenvalue weighted by molar-refractivity contribution is -0.117. The van der Waals surface area contributed by atoms with Gasteiger partial charge in [-0.05, 0) is 24.3 Å². The number of nitrogens with zero attached hydrogens (tertiary/aromatic N) is 1. The van der Waals surface area contributed by atoms with Crippen molar-refractivity contribution in [2.75, 3.05) is 37.8 Å². The SMILES string of the molecule is COc1ccc(NC(=O)CCN(C(C)=O)c2ccc3c(c2)OCO3)c(OC)c1. The van der Waals surface area contributed by atoms with E-state index in [1.54, 1.807) is 43.5 Å². The molecule has 0 saturated carbocycles. The van der Waals surface area contributed by atoms with Crippen LogP contribution in [0.5, 0.6) is 23.0 Å². The molecule has 1 aliphatic heterocycles. The molecule has 0 unspecified atom stereocenters. The molecule has 0 aromatic heterocycles. The Bertz CT molecular complexity index is 883. The summed E-state index contributed by atoms with van der Waals surface area (Å²) in [5, 5.41) is 2.80. The van der Waals surface area contributed by atoms with Crippen molar-refractivity contribution in [3.05, 3.63) is 36.4 Å². The summed E-state index contributed by atoms with van der Waals surface area (Å²) in [6.45, 7) is 1.83. The lowest BCUT2D eigenvalue weighted by Gasteiger charge is -2.21. The smallest absolute Gasteiger partial charge is 0.231 e. The van der Waals surface area contributed by atoms with Gasteiger partial charge < -0.3 is 29.2 Å². The predicted octanol–water partition coefficient (Wildman–Crippen LogP) is 2.81. The summed E-state index contributed by atoms with van der Waals surface area (Å²) < 4.78 is 21.1. The molecule has 28 heavy (non-hydrogen) atoms. The Morgan fingerprint density at radius 3 is 2.57 bits per heavy atom. The molecule has 0 fully saturated rings. The van der Waals surface area contributed by atoms with Crippen LogP contribution in [-0.4, -0.2) is 39.4 Å². The average Bonchev–Trinajstić information content (AvgIpc) is 3.16. The van der Waals surface area contributed by atoms with Crippen molar-refractivity contribution in [3.8, 4) is 23.0 Å². The third-order valence-electron chi connectivity index (χ3n) is 4.29. The number of carbonyl (C=O) groups is 2. The highest BCUT2D eigenvalue weighted by Crippen LogP contribution is 2.35. The second-order valence-electron chi connectivity index (χ2n) is 6.07. The van der Waals surface area contributed by atoms with Gasteiger partial charge in [-0.3, -0.25) is 9.59 Å². The van der Waals surface area contributed by atoms with Crippen LogP contribution in [0, 0.1) is 0 Å². The molecule has 1 N–H and O–H groups in total. The van der Waals surface area contributed by atoms with E-state index in [9.17, 15) is 9.59 Å². The van der Waals surface area contributed by atoms with E-state index in [1.807, 2.05) is 0 Å². The van der Waals surface area contributed by atoms with Crippen LogP contribution in [0.1, 0.15) is 13.3 Å². The van der Waals surface area contributed by atoms with Gasteiger partial charge in [0.2, 0.25) is 18.6 Å². The lowest BCUT2D eigenvalue weighted by atomic mass is 10.2. The topological polar surface area (TPSA) is 86.3 Å². The molecule has 0 spiro atoms. The van der Waals surface area contributed by atoms with E-state index in [1.165, 1.54) is 18.9 Å². The Morgan fingerprint density at radius 1 is 1.07 bits per heavy atom. The zero-order valence-corrected chi connectivity index (χ0v) is 16.0. The molecule has 0 saturated heterocycles. The largest absolute Gasteiger partial charge is 0.497 e. The van der Waals surface area contributed by atoms with Gasteiger partial charge in [0.25, 0.3) is 0 Å². The zero-order valence-electron chi connectivity index (χ0n) is 16.0. The minimum atomic E-state index is -0.240. The van der Waals surface area contributed by atoms with Gasteiger partial charge in [0.05, 0.1) is 19.9 Å². The van der Waals surface area contributed by atoms with Gasteiger partial charge in [-0.25, -0.2) is 0 Å². The van der Waals surface area contributed by atoms with E-state index in [2.05, 4.69) is 5.32 Å². The molecule has 0 radical (unpaired) electrons. The Hall–Kier alpha value is -3.42. The molecule has 8 heteroatoms. The third kappa shape index (κ3) is 4.28. The highest BCUT2D eigenvalue weighted by molar-refractivity contribution is 5.95. The van der Waals surface area contributed by atoms with Gasteiger partial charge >= 0.3 is 0 Å². The normalized spacial score (nSPS) is 11.7. The van der Waals surface area contributed by atoms with Crippen LogP contribution < -0.4 is 29.2 Å². The number of methoxy groups -OCH3 is 2. The first-order valence-corrected chi connectivity index (χ1v) is 8.71. The number of rotatable bonds is 7. The summed E-state index contributed by atoms with van der Waals surface area (Å²) in [6, 6.07) is 10.4. The number of benzene rings is 2. The van der Waals surface area contributed by atoms with Gasteiger partial charge in [0, 0.05) is 37.7 Å². The Kier molecular flexibility index (Phi) is 5.88. The fourth-order valence-corrected chi connectivity index (χ4v) is 2.85. The quantitative estimate of drug-likeness (QED) is 0.788. The minimum Gasteiger partial charge on any atom is -0.497 e. The second-order valence-corrected chi connectivity index (χ2v) is 6.07. The number of amides is 2. The minimum absolute atomic E-state index is 0.114. The second kappa shape index (κ2) is 8.51. The van der Waals surface area contributed by atoms with Crippen molar-refractivity contribution in [3.63, 3.8) is 0 Å². The molecule has 2 aromatic rings. The standard InChI is InChI=1S/C20H22N2O6/c1-13(23)22(14-4-7-17-19(10-14)28-12-27-17)9-8-20(24)21-16-6-5-15(25-2)11-18(16)26-3/h4-7,10-11H,8-9,12H2,1-3H3,(H,21,24). The molecule has 1 aliphatic rings. The third-order valence-corrected chi connectivity index (χ3v) is 4.29. The molecule has 0 bridgehead atoms. The summed E-state index contributed by atoms with van der Waals surface area (Å²) in [7, 11) is 3.07. The van der Waals surface area contributed by atoms with Crippen LogP contribution in [-0.2, 0) is 9.59 Å². The molecule has 2 aromatic carbocycles. The van der Waals surface area contributed by atoms with E-state index in [4.69, 9.17) is 18.9 Å². The summed E-state index contributed by atoms with van der Waals surface area (Å²) in [5.41, 5.74) is 1.18. The molecular weight excluding hydrogens is 364 g/mol. The van der Waals surface area contributed by atoms with Crippen LogP contribution in [0.25, 0.3) is 0 Å². The van der Waals surface area contributed by atoms with Gasteiger partial charge in [-0.15, -0.1) is 0 Å². The van der Waals surface area contributed by atoms with Crippen LogP contribution >= 0.6 is 0 Å². The first-order chi connectivity index (χ1) is 13.5. The molecular formula is C20H22N2O6. The molecule has 1 heterocycles. The molecule has 148 valence electrons. The fraction of sp³-hybridized carbons (Fsp3) is 0.300. The Labute approximate surface area is 162 Å². The fourth-order valence-electron chi connectivity index (χ4n) is 2.85. The van der Waals surface area contributed by atoms with Crippen molar-refractivity contribution in [2.45, 2.75) is 13.3 Å². The summed E-state index contributed by atoms with van der Waals surface area (Å²) in [4.78, 5) is 26.0. The predicted molar refractivity (Wildman–Crippen MR) is 103 cm³/mol. The number of hydrogen-bond donors (Lipinski definition) is 1. The van der Waals surface area contributed by atoms with Crippen LogP contribution in [0.15, 0.2) is 36.4 Å². The average molecular weight is 386 g/mol. The van der Waals surface area contributed by atoms with E-state index < -0.39 is 0 Å². The first kappa shape index (κ1) is 19.3. The monoisotopic (exact) mass is 386 g/mol. The first-order valence-electron chi connectivity index (χ1n) is 8.71. The number of fused-ring (bicyclic) bond motifs is 1. The molecule has 3 rings (SSSR count). The van der Waals surface area contributed by atoms with Crippen molar-refractivity contribution < 1.29 is 28.5 Å². The molecule has 8 nitrogen and oxygen atoms in total. The van der Waals surface area contributed by atoms with E-state index in [0.717, 1.165) is 0 Å². The van der Waals surface area contributed by atoms with Crippen molar-refractivity contribution in [1.82, 2.24) is 0 Å². The van der Waals surface area contributed by atoms with E-state index in [-0.39, 0.29) is 31.6 Å². The summed E-state index contributed by atoms with van der Waals surface area (Å²) in [6.07, 6.45) is 0.114. The highest BCUT2D eigenvalue weighted by Gasteiger charge is 2.19. The maximum absolute atomic E-state index is 12.4. The molecule has 0 atom stereocenters. The number of ether oxygens (including phenoxy) is 4. The Balaban J connectivity index is 1.66. The molecule has 0 aliphatic carbocycles. The number of anilines is 2. The van der Waals surface area contributed by atoms with Gasteiger partial charge in [-0.2, -0.15) is 0 Å². The van der Waals surface area contributed by atoms with Gasteiger partial charge in [0.15, 0.2) is 11.5 Å². The van der Waals surface area contributed by atoms with Gasteiger partial charge in [-0.1, -0.05) is 0 Å². The van der Waals surface area contributed by atoms with Gasteiger partial charge in [0.1, 0.15) is 11.5 Å². The van der Waals surface area contributed by atoms with Crippen molar-refractivity contribution in [1.29, 1.82) is 0 Å².